The van der Waals surface area contributed by atoms with Crippen molar-refractivity contribution in [2.75, 3.05) is 50.7 Å². The van der Waals surface area contributed by atoms with Crippen LogP contribution in [0.3, 0.4) is 0 Å². The molecule has 10 heteroatoms. The van der Waals surface area contributed by atoms with Crippen LogP contribution in [0.25, 0.3) is 10.2 Å². The number of fused-ring (bicyclic) bond motifs is 1. The molecule has 0 unspecified atom stereocenters. The van der Waals surface area contributed by atoms with Crippen LogP contribution in [0.4, 0.5) is 10.8 Å². The number of hydrogen-bond acceptors (Lipinski definition) is 8. The number of rotatable bonds is 5. The van der Waals surface area contributed by atoms with Crippen LogP contribution in [0.5, 0.6) is 11.5 Å². The molecule has 3 aromatic rings. The van der Waals surface area contributed by atoms with E-state index in [1.165, 1.54) is 25.6 Å². The summed E-state index contributed by atoms with van der Waals surface area (Å²) in [4.78, 5) is 19.4. The summed E-state index contributed by atoms with van der Waals surface area (Å²) in [5, 5.41) is 6.45. The fourth-order valence-corrected chi connectivity index (χ4v) is 4.38. The molecule has 31 heavy (non-hydrogen) atoms. The fraction of sp³-hybridized carbons (Fsp3) is 0.286. The largest absolute Gasteiger partial charge is 0.497 e. The number of thiocarbonyl (C=S) groups is 1. The molecular weight excluding hydrogens is 436 g/mol. The Morgan fingerprint density at radius 1 is 1.13 bits per heavy atom. The minimum Gasteiger partial charge on any atom is -0.497 e. The van der Waals surface area contributed by atoms with Gasteiger partial charge in [0.25, 0.3) is 5.91 Å². The molecule has 0 saturated carbocycles. The summed E-state index contributed by atoms with van der Waals surface area (Å²) in [6.07, 6.45) is 0. The maximum absolute atomic E-state index is 12.6. The van der Waals surface area contributed by atoms with E-state index in [-0.39, 0.29) is 11.0 Å². The van der Waals surface area contributed by atoms with E-state index >= 15 is 0 Å². The van der Waals surface area contributed by atoms with Gasteiger partial charge in [0.15, 0.2) is 10.2 Å². The maximum Gasteiger partial charge on any atom is 0.257 e. The molecule has 1 aromatic heterocycles. The number of morpholine rings is 1. The van der Waals surface area contributed by atoms with Crippen LogP contribution < -0.4 is 25.0 Å². The molecule has 1 aliphatic rings. The molecule has 1 saturated heterocycles. The van der Waals surface area contributed by atoms with Gasteiger partial charge in [0.05, 0.1) is 37.6 Å². The van der Waals surface area contributed by atoms with Gasteiger partial charge < -0.3 is 24.4 Å². The predicted molar refractivity (Wildman–Crippen MR) is 126 cm³/mol. The Bertz CT molecular complexity index is 1090. The molecule has 162 valence electrons. The minimum atomic E-state index is -0.370. The summed E-state index contributed by atoms with van der Waals surface area (Å²) in [6.45, 7) is 3.22. The van der Waals surface area contributed by atoms with Crippen molar-refractivity contribution in [2.45, 2.75) is 0 Å². The van der Waals surface area contributed by atoms with E-state index < -0.39 is 0 Å². The summed E-state index contributed by atoms with van der Waals surface area (Å²) in [6, 6.07) is 11.1. The van der Waals surface area contributed by atoms with Crippen molar-refractivity contribution in [3.8, 4) is 11.5 Å². The first-order valence-electron chi connectivity index (χ1n) is 9.64. The summed E-state index contributed by atoms with van der Waals surface area (Å²) in [7, 11) is 3.06. The Kier molecular flexibility index (Phi) is 6.50. The van der Waals surface area contributed by atoms with Gasteiger partial charge >= 0.3 is 0 Å². The Morgan fingerprint density at radius 2 is 1.84 bits per heavy atom. The van der Waals surface area contributed by atoms with Gasteiger partial charge in [-0.15, -0.1) is 0 Å². The number of nitrogens with zero attached hydrogens (tertiary/aromatic N) is 2. The highest BCUT2D eigenvalue weighted by atomic mass is 32.1. The van der Waals surface area contributed by atoms with Crippen molar-refractivity contribution < 1.29 is 19.0 Å². The molecule has 2 heterocycles. The molecule has 2 N–H and O–H groups in total. The number of amides is 1. The lowest BCUT2D eigenvalue weighted by atomic mass is 10.2. The van der Waals surface area contributed by atoms with E-state index in [2.05, 4.69) is 32.7 Å². The van der Waals surface area contributed by atoms with Gasteiger partial charge in [0.1, 0.15) is 11.5 Å². The third kappa shape index (κ3) is 5.04. The second kappa shape index (κ2) is 9.46. The zero-order valence-electron chi connectivity index (χ0n) is 17.1. The number of aromatic nitrogens is 1. The van der Waals surface area contributed by atoms with Gasteiger partial charge in [0, 0.05) is 30.4 Å². The normalized spacial score (nSPS) is 13.7. The smallest absolute Gasteiger partial charge is 0.257 e. The van der Waals surface area contributed by atoms with Gasteiger partial charge in [-0.05, 0) is 42.5 Å². The standard InChI is InChI=1S/C21H22N4O4S2/c1-27-15-9-13(10-16(12-15)28-2)19(26)23-20(30)24-21-22-17-4-3-14(11-18(17)31-21)25-5-7-29-8-6-25/h3-4,9-12H,5-8H2,1-2H3,(H2,22,23,24,26,30). The number of methoxy groups -OCH3 is 2. The summed E-state index contributed by atoms with van der Waals surface area (Å²) < 4.78 is 16.9. The van der Waals surface area contributed by atoms with Gasteiger partial charge in [-0.25, -0.2) is 4.98 Å². The van der Waals surface area contributed by atoms with Gasteiger partial charge in [-0.3, -0.25) is 10.1 Å². The van der Waals surface area contributed by atoms with Crippen molar-refractivity contribution in [1.29, 1.82) is 0 Å². The molecule has 8 nitrogen and oxygen atoms in total. The van der Waals surface area contributed by atoms with Crippen LogP contribution in [0.15, 0.2) is 36.4 Å². The Hall–Kier alpha value is -2.95. The zero-order chi connectivity index (χ0) is 21.8. The maximum atomic E-state index is 12.6. The molecule has 0 spiro atoms. The molecule has 0 bridgehead atoms. The minimum absolute atomic E-state index is 0.166. The van der Waals surface area contributed by atoms with Gasteiger partial charge in [-0.2, -0.15) is 0 Å². The number of hydrogen-bond donors (Lipinski definition) is 2. The molecule has 0 radical (unpaired) electrons. The molecule has 1 fully saturated rings. The van der Waals surface area contributed by atoms with Crippen LogP contribution in [-0.2, 0) is 4.74 Å². The number of anilines is 2. The number of thiazole rings is 1. The third-order valence-electron chi connectivity index (χ3n) is 4.81. The summed E-state index contributed by atoms with van der Waals surface area (Å²) in [5.74, 6) is 0.668. The number of nitrogens with one attached hydrogen (secondary N) is 2. The highest BCUT2D eigenvalue weighted by Gasteiger charge is 2.15. The van der Waals surface area contributed by atoms with Crippen molar-refractivity contribution in [1.82, 2.24) is 10.3 Å². The van der Waals surface area contributed by atoms with Crippen LogP contribution in [0.2, 0.25) is 0 Å². The molecule has 0 atom stereocenters. The molecule has 1 aliphatic heterocycles. The quantitative estimate of drug-likeness (QED) is 0.564. The number of ether oxygens (including phenoxy) is 3. The third-order valence-corrected chi connectivity index (χ3v) is 5.95. The SMILES string of the molecule is COc1cc(OC)cc(C(=O)NC(=S)Nc2nc3ccc(N4CCOCC4)cc3s2)c1. The first-order chi connectivity index (χ1) is 15.1. The van der Waals surface area contributed by atoms with Crippen LogP contribution in [0, 0.1) is 0 Å². The number of carbonyl (C=O) groups excluding carboxylic acids is 1. The fourth-order valence-electron chi connectivity index (χ4n) is 3.23. The Balaban J connectivity index is 1.44. The van der Waals surface area contributed by atoms with E-state index in [1.807, 2.05) is 6.07 Å². The van der Waals surface area contributed by atoms with Crippen molar-refractivity contribution in [3.05, 3.63) is 42.0 Å². The topological polar surface area (TPSA) is 85.0 Å². The van der Waals surface area contributed by atoms with E-state index in [9.17, 15) is 4.79 Å². The Labute approximate surface area is 189 Å². The van der Waals surface area contributed by atoms with Crippen LogP contribution in [-0.4, -0.2) is 56.5 Å². The lowest BCUT2D eigenvalue weighted by Gasteiger charge is -2.28. The van der Waals surface area contributed by atoms with E-state index in [4.69, 9.17) is 26.4 Å². The molecule has 4 rings (SSSR count). The lowest BCUT2D eigenvalue weighted by Crippen LogP contribution is -2.36. The van der Waals surface area contributed by atoms with Crippen molar-refractivity contribution in [3.63, 3.8) is 0 Å². The zero-order valence-corrected chi connectivity index (χ0v) is 18.8. The average molecular weight is 459 g/mol. The average Bonchev–Trinajstić information content (AvgIpc) is 3.20. The molecular formula is C21H22N4O4S2. The molecule has 0 aliphatic carbocycles. The van der Waals surface area contributed by atoms with Crippen LogP contribution >= 0.6 is 23.6 Å². The predicted octanol–water partition coefficient (Wildman–Crippen LogP) is 3.28. The van der Waals surface area contributed by atoms with Crippen LogP contribution in [0.1, 0.15) is 10.4 Å². The summed E-state index contributed by atoms with van der Waals surface area (Å²) in [5.41, 5.74) is 2.39. The first-order valence-corrected chi connectivity index (χ1v) is 10.9. The number of benzene rings is 2. The molecule has 2 aromatic carbocycles. The first kappa shape index (κ1) is 21.3. The van der Waals surface area contributed by atoms with E-state index in [0.717, 1.165) is 42.2 Å². The summed E-state index contributed by atoms with van der Waals surface area (Å²) >= 11 is 6.79. The highest BCUT2D eigenvalue weighted by Crippen LogP contribution is 2.30. The number of carbonyl (C=O) groups is 1. The second-order valence-corrected chi connectivity index (χ2v) is 8.22. The Morgan fingerprint density at radius 3 is 2.52 bits per heavy atom. The lowest BCUT2D eigenvalue weighted by molar-refractivity contribution is 0.0977. The van der Waals surface area contributed by atoms with Gasteiger partial charge in [0.2, 0.25) is 0 Å². The van der Waals surface area contributed by atoms with Crippen molar-refractivity contribution >= 4 is 55.6 Å². The van der Waals surface area contributed by atoms with Crippen molar-refractivity contribution in [2.24, 2.45) is 0 Å². The second-order valence-electron chi connectivity index (χ2n) is 6.78. The highest BCUT2D eigenvalue weighted by molar-refractivity contribution is 7.80. The molecule has 1 amide bonds. The van der Waals surface area contributed by atoms with E-state index in [0.29, 0.717) is 22.2 Å². The van der Waals surface area contributed by atoms with Gasteiger partial charge in [-0.1, -0.05) is 11.3 Å². The monoisotopic (exact) mass is 458 g/mol. The van der Waals surface area contributed by atoms with E-state index in [1.54, 1.807) is 18.2 Å².